The lowest BCUT2D eigenvalue weighted by atomic mass is 9.37. The van der Waals surface area contributed by atoms with Crippen LogP contribution in [-0.4, -0.2) is 94.8 Å². The summed E-state index contributed by atoms with van der Waals surface area (Å²) >= 11 is 0. The van der Waals surface area contributed by atoms with Crippen molar-refractivity contribution in [2.24, 2.45) is 11.3 Å². The van der Waals surface area contributed by atoms with Crippen molar-refractivity contribution < 1.29 is 19.4 Å². The van der Waals surface area contributed by atoms with E-state index in [9.17, 15) is 19.5 Å². The van der Waals surface area contributed by atoms with Crippen molar-refractivity contribution in [3.63, 3.8) is 0 Å². The molecule has 3 aromatic rings. The van der Waals surface area contributed by atoms with Crippen LogP contribution in [0.15, 0.2) is 17.2 Å². The van der Waals surface area contributed by atoms with Crippen molar-refractivity contribution in [1.29, 1.82) is 0 Å². The number of aromatic hydroxyl groups is 1. The predicted molar refractivity (Wildman–Crippen MR) is 179 cm³/mol. The zero-order chi connectivity index (χ0) is 33.8. The first-order chi connectivity index (χ1) is 23.6. The molecule has 14 nitrogen and oxygen atoms in total. The van der Waals surface area contributed by atoms with Gasteiger partial charge in [0.05, 0.1) is 30.1 Å². The van der Waals surface area contributed by atoms with Crippen LogP contribution in [-0.2, 0) is 22.5 Å². The molecule has 7 aliphatic rings. The number of hydrogen-bond donors (Lipinski definition) is 2. The minimum Gasteiger partial charge on any atom is -0.504 e. The maximum atomic E-state index is 14.6. The topological polar surface area (TPSA) is 161 Å². The average molecular weight is 670 g/mol. The molecule has 0 aromatic carbocycles. The summed E-state index contributed by atoms with van der Waals surface area (Å²) in [5.41, 5.74) is 3.28. The summed E-state index contributed by atoms with van der Waals surface area (Å²) in [6.07, 6.45) is 11.8. The van der Waals surface area contributed by atoms with Crippen LogP contribution >= 0.6 is 0 Å². The van der Waals surface area contributed by atoms with E-state index in [1.165, 1.54) is 19.2 Å². The summed E-state index contributed by atoms with van der Waals surface area (Å²) in [7, 11) is 0. The Hall–Kier alpha value is -4.33. The number of carbonyl (C=O) groups is 2. The quantitative estimate of drug-likeness (QED) is 0.365. The van der Waals surface area contributed by atoms with Gasteiger partial charge in [-0.25, -0.2) is 9.97 Å². The summed E-state index contributed by atoms with van der Waals surface area (Å²) in [5, 5.41) is 23.6. The number of fused-ring (bicyclic) bond motifs is 2. The summed E-state index contributed by atoms with van der Waals surface area (Å²) in [4.78, 5) is 55.6. The molecule has 3 atom stereocenters. The molecule has 6 fully saturated rings. The molecule has 5 aliphatic carbocycles. The van der Waals surface area contributed by atoms with Gasteiger partial charge in [0, 0.05) is 36.8 Å². The first kappa shape index (κ1) is 30.7. The minimum absolute atomic E-state index is 0.00393. The number of nitrogens with one attached hydrogen (secondary N) is 1. The van der Waals surface area contributed by atoms with Gasteiger partial charge in [0.15, 0.2) is 22.6 Å². The third-order valence-electron chi connectivity index (χ3n) is 12.2. The Kier molecular flexibility index (Phi) is 6.79. The molecule has 1 saturated heterocycles. The van der Waals surface area contributed by atoms with Crippen molar-refractivity contribution in [2.75, 3.05) is 24.6 Å². The number of ether oxygens (including phenoxy) is 1. The van der Waals surface area contributed by atoms with E-state index in [0.717, 1.165) is 49.4 Å². The smallest absolute Gasteiger partial charge is 0.276 e. The van der Waals surface area contributed by atoms with E-state index in [1.807, 2.05) is 24.5 Å². The van der Waals surface area contributed by atoms with Gasteiger partial charge in [-0.3, -0.25) is 14.4 Å². The Balaban J connectivity index is 1.07. The standard InChI is InChI=1S/C35H43N9O5/c1-4-23-29(41-10-11-42(25-8-7-24(25)41)33(48)28-30(46)20(3)36-18-37-28)31(47)27-32(40-44(39-27)22-9-12-49-19(2)13-22)43(23)14-26(45)38-35-15-34(16-35,17-35)21-5-6-21/h9,18-19,21,24-25,46H,4-8,10-17H2,1-3H3,(H,38,45)/t19-,24+,25+,34?,35?/m1/s1. The number of pyridine rings is 1. The molecule has 14 heteroatoms. The average Bonchev–Trinajstić information content (AvgIpc) is 3.77. The number of rotatable bonds is 8. The van der Waals surface area contributed by atoms with Crippen LogP contribution in [0.25, 0.3) is 16.9 Å². The number of hydrogen-bond acceptors (Lipinski definition) is 10. The van der Waals surface area contributed by atoms with Crippen molar-refractivity contribution in [2.45, 2.75) is 109 Å². The van der Waals surface area contributed by atoms with E-state index < -0.39 is 0 Å². The van der Waals surface area contributed by atoms with E-state index >= 15 is 0 Å². The Morgan fingerprint density at radius 1 is 1.08 bits per heavy atom. The fraction of sp³-hybridized carbons (Fsp3) is 0.629. The highest BCUT2D eigenvalue weighted by atomic mass is 16.5. The summed E-state index contributed by atoms with van der Waals surface area (Å²) in [6, 6.07) is -0.255. The normalized spacial score (nSPS) is 30.2. The summed E-state index contributed by atoms with van der Waals surface area (Å²) in [5.74, 6) is 0.235. The minimum atomic E-state index is -0.337. The molecule has 0 radical (unpaired) electrons. The van der Waals surface area contributed by atoms with E-state index in [1.54, 1.807) is 16.6 Å². The zero-order valence-corrected chi connectivity index (χ0v) is 28.3. The molecular weight excluding hydrogens is 626 g/mol. The van der Waals surface area contributed by atoms with Crippen molar-refractivity contribution >= 4 is 34.4 Å². The van der Waals surface area contributed by atoms with Crippen molar-refractivity contribution in [3.05, 3.63) is 39.7 Å². The Bertz CT molecular complexity index is 1980. The number of carbonyl (C=O) groups excluding carboxylic acids is 2. The van der Waals surface area contributed by atoms with Crippen LogP contribution < -0.4 is 15.6 Å². The van der Waals surface area contributed by atoms with Gasteiger partial charge in [0.2, 0.25) is 11.3 Å². The molecule has 5 heterocycles. The van der Waals surface area contributed by atoms with Crippen LogP contribution in [0.3, 0.4) is 0 Å². The highest BCUT2D eigenvalue weighted by Gasteiger charge is 2.72. The Morgan fingerprint density at radius 2 is 1.86 bits per heavy atom. The lowest BCUT2D eigenvalue weighted by Crippen LogP contribution is -2.75. The molecule has 3 aromatic heterocycles. The van der Waals surface area contributed by atoms with Gasteiger partial charge in [-0.05, 0) is 82.6 Å². The first-order valence-corrected chi connectivity index (χ1v) is 17.8. The van der Waals surface area contributed by atoms with Gasteiger partial charge < -0.3 is 29.5 Å². The number of anilines is 1. The second kappa shape index (κ2) is 10.8. The summed E-state index contributed by atoms with van der Waals surface area (Å²) < 4.78 is 7.61. The third kappa shape index (κ3) is 4.65. The van der Waals surface area contributed by atoms with Crippen molar-refractivity contribution in [3.8, 4) is 5.75 Å². The maximum absolute atomic E-state index is 14.6. The molecular formula is C35H43N9O5. The molecule has 2 amide bonds. The number of piperazine rings is 1. The molecule has 49 heavy (non-hydrogen) atoms. The second-order valence-corrected chi connectivity index (χ2v) is 15.3. The van der Waals surface area contributed by atoms with Crippen LogP contribution in [0.2, 0.25) is 0 Å². The van der Waals surface area contributed by atoms with Gasteiger partial charge in [0.1, 0.15) is 18.6 Å². The second-order valence-electron chi connectivity index (χ2n) is 15.3. The van der Waals surface area contributed by atoms with Crippen LogP contribution in [0.1, 0.15) is 87.1 Å². The van der Waals surface area contributed by atoms with Crippen LogP contribution in [0.4, 0.5) is 5.69 Å². The molecule has 2 N–H and O–H groups in total. The molecule has 2 bridgehead atoms. The van der Waals surface area contributed by atoms with Crippen LogP contribution in [0, 0.1) is 18.3 Å². The molecule has 2 aliphatic heterocycles. The molecule has 0 spiro atoms. The SMILES string of the molecule is CCc1c(N2CCN(C(=O)c3ncnc(C)c3O)[C@H]3CC[C@@H]32)c(=O)c2nn(C3=CCO[C@H](C)C3)nc2n1CC(=O)NC12CC(C3CC3)(C1)C2. The summed E-state index contributed by atoms with van der Waals surface area (Å²) in [6.45, 7) is 6.89. The van der Waals surface area contributed by atoms with Crippen molar-refractivity contribution in [1.82, 2.24) is 39.7 Å². The third-order valence-corrected chi connectivity index (χ3v) is 12.2. The zero-order valence-electron chi connectivity index (χ0n) is 28.3. The van der Waals surface area contributed by atoms with Gasteiger partial charge in [-0.1, -0.05) is 6.92 Å². The van der Waals surface area contributed by atoms with E-state index in [-0.39, 0.29) is 64.5 Å². The monoisotopic (exact) mass is 669 g/mol. The lowest BCUT2D eigenvalue weighted by Gasteiger charge is -2.71. The number of aryl methyl sites for hydroxylation is 1. The molecule has 10 rings (SSSR count). The molecule has 258 valence electrons. The van der Waals surface area contributed by atoms with E-state index in [4.69, 9.17) is 14.9 Å². The fourth-order valence-electron chi connectivity index (χ4n) is 9.62. The first-order valence-electron chi connectivity index (χ1n) is 17.8. The van der Waals surface area contributed by atoms with Gasteiger partial charge in [-0.15, -0.1) is 10.2 Å². The molecule has 0 unspecified atom stereocenters. The largest absolute Gasteiger partial charge is 0.504 e. The highest BCUT2D eigenvalue weighted by Crippen LogP contribution is 2.75. The lowest BCUT2D eigenvalue weighted by molar-refractivity contribution is -0.176. The van der Waals surface area contributed by atoms with E-state index in [0.29, 0.717) is 55.0 Å². The Labute approximate surface area is 283 Å². The number of amides is 2. The number of nitrogens with zero attached hydrogens (tertiary/aromatic N) is 8. The number of aromatic nitrogens is 6. The fourth-order valence-corrected chi connectivity index (χ4v) is 9.62. The van der Waals surface area contributed by atoms with Gasteiger partial charge >= 0.3 is 0 Å². The van der Waals surface area contributed by atoms with E-state index in [2.05, 4.69) is 20.2 Å². The predicted octanol–water partition coefficient (Wildman–Crippen LogP) is 2.55. The Morgan fingerprint density at radius 3 is 2.55 bits per heavy atom. The maximum Gasteiger partial charge on any atom is 0.276 e. The van der Waals surface area contributed by atoms with Gasteiger partial charge in [-0.2, -0.15) is 4.80 Å². The molecule has 5 saturated carbocycles. The van der Waals surface area contributed by atoms with Gasteiger partial charge in [0.25, 0.3) is 5.91 Å². The highest BCUT2D eigenvalue weighted by molar-refractivity contribution is 5.95. The van der Waals surface area contributed by atoms with Crippen LogP contribution in [0.5, 0.6) is 5.75 Å².